The first-order valence-corrected chi connectivity index (χ1v) is 13.1. The Kier molecular flexibility index (Phi) is 18.9. The molecule has 0 aliphatic carbocycles. The van der Waals surface area contributed by atoms with E-state index in [9.17, 15) is 0 Å². The highest BCUT2D eigenvalue weighted by molar-refractivity contribution is 5.64. The van der Waals surface area contributed by atoms with Crippen LogP contribution in [0.15, 0.2) is 30.6 Å². The summed E-state index contributed by atoms with van der Waals surface area (Å²) in [6, 6.07) is 4.22. The van der Waals surface area contributed by atoms with Crippen LogP contribution in [0.1, 0.15) is 134 Å². The van der Waals surface area contributed by atoms with Gasteiger partial charge in [-0.2, -0.15) is 0 Å². The number of aromatic nitrogens is 1. The first kappa shape index (κ1) is 26.9. The zero-order valence-corrected chi connectivity index (χ0v) is 19.9. The molecule has 172 valence electrons. The number of hydrogen-bond acceptors (Lipinski definition) is 2. The van der Waals surface area contributed by atoms with Crippen LogP contribution in [0.25, 0.3) is 5.57 Å². The van der Waals surface area contributed by atoms with Crippen molar-refractivity contribution in [3.05, 3.63) is 36.2 Å². The molecule has 1 aromatic rings. The predicted octanol–water partition coefficient (Wildman–Crippen LogP) is 8.89. The maximum Gasteiger partial charge on any atom is 0.0433 e. The number of allylic oxidation sites excluding steroid dienone is 2. The molecule has 2 nitrogen and oxygen atoms in total. The molecule has 1 N–H and O–H groups in total. The topological polar surface area (TPSA) is 33.1 Å². The average Bonchev–Trinajstić information content (AvgIpc) is 2.78. The number of pyridine rings is 1. The summed E-state index contributed by atoms with van der Waals surface area (Å²) in [4.78, 5) is 4.14. The lowest BCUT2D eigenvalue weighted by Gasteiger charge is -2.08. The first-order chi connectivity index (χ1) is 14.9. The zero-order valence-electron chi connectivity index (χ0n) is 19.9. The lowest BCUT2D eigenvalue weighted by Crippen LogP contribution is -1.89. The maximum absolute atomic E-state index is 9.04. The Morgan fingerprint density at radius 1 is 0.700 bits per heavy atom. The van der Waals surface area contributed by atoms with E-state index in [1.807, 2.05) is 12.4 Å². The predicted molar refractivity (Wildman–Crippen MR) is 133 cm³/mol. The van der Waals surface area contributed by atoms with Gasteiger partial charge in [-0.05, 0) is 49.0 Å². The van der Waals surface area contributed by atoms with E-state index in [0.717, 1.165) is 19.3 Å². The SMILES string of the molecule is CCCCCCCCCCCCCCCCCCC(=CCCCO)c1ccncc1. The van der Waals surface area contributed by atoms with Crippen molar-refractivity contribution < 1.29 is 5.11 Å². The Bertz CT molecular complexity index is 497. The van der Waals surface area contributed by atoms with Gasteiger partial charge < -0.3 is 5.11 Å². The smallest absolute Gasteiger partial charge is 0.0433 e. The van der Waals surface area contributed by atoms with Gasteiger partial charge in [0.2, 0.25) is 0 Å². The van der Waals surface area contributed by atoms with Crippen LogP contribution >= 0.6 is 0 Å². The van der Waals surface area contributed by atoms with Gasteiger partial charge in [0.15, 0.2) is 0 Å². The fourth-order valence-electron chi connectivity index (χ4n) is 4.16. The van der Waals surface area contributed by atoms with Crippen LogP contribution in [0.3, 0.4) is 0 Å². The van der Waals surface area contributed by atoms with Crippen molar-refractivity contribution in [2.24, 2.45) is 0 Å². The van der Waals surface area contributed by atoms with E-state index in [0.29, 0.717) is 0 Å². The molecule has 0 amide bonds. The van der Waals surface area contributed by atoms with Crippen LogP contribution in [0.2, 0.25) is 0 Å². The lowest BCUT2D eigenvalue weighted by molar-refractivity contribution is 0.289. The van der Waals surface area contributed by atoms with Gasteiger partial charge in [0.1, 0.15) is 0 Å². The molecule has 1 heterocycles. The lowest BCUT2D eigenvalue weighted by atomic mass is 9.98. The fraction of sp³-hybridized carbons (Fsp3) is 0.750. The van der Waals surface area contributed by atoms with Gasteiger partial charge >= 0.3 is 0 Å². The van der Waals surface area contributed by atoms with E-state index in [1.54, 1.807) is 0 Å². The second-order valence-electron chi connectivity index (χ2n) is 8.88. The van der Waals surface area contributed by atoms with Crippen molar-refractivity contribution in [1.29, 1.82) is 0 Å². The van der Waals surface area contributed by atoms with E-state index in [-0.39, 0.29) is 6.61 Å². The summed E-state index contributed by atoms with van der Waals surface area (Å²) in [6.07, 6.45) is 31.7. The third-order valence-corrected chi connectivity index (χ3v) is 6.10. The highest BCUT2D eigenvalue weighted by Gasteiger charge is 2.02. The maximum atomic E-state index is 9.04. The van der Waals surface area contributed by atoms with Crippen LogP contribution in [0.5, 0.6) is 0 Å². The third-order valence-electron chi connectivity index (χ3n) is 6.10. The summed E-state index contributed by atoms with van der Waals surface area (Å²) >= 11 is 0. The molecule has 2 heteroatoms. The van der Waals surface area contributed by atoms with Gasteiger partial charge in [0.05, 0.1) is 0 Å². The molecule has 1 aromatic heterocycles. The molecule has 0 atom stereocenters. The van der Waals surface area contributed by atoms with Crippen LogP contribution in [-0.2, 0) is 0 Å². The molecule has 0 radical (unpaired) electrons. The van der Waals surface area contributed by atoms with E-state index < -0.39 is 0 Å². The van der Waals surface area contributed by atoms with E-state index in [4.69, 9.17) is 5.11 Å². The van der Waals surface area contributed by atoms with Gasteiger partial charge in [0.25, 0.3) is 0 Å². The minimum absolute atomic E-state index is 0.277. The van der Waals surface area contributed by atoms with Crippen molar-refractivity contribution >= 4 is 5.57 Å². The summed E-state index contributed by atoms with van der Waals surface area (Å²) in [6.45, 7) is 2.57. The minimum atomic E-state index is 0.277. The van der Waals surface area contributed by atoms with Crippen molar-refractivity contribution in [3.63, 3.8) is 0 Å². The molecule has 0 bridgehead atoms. The zero-order chi connectivity index (χ0) is 21.5. The Labute approximate surface area is 187 Å². The molecule has 0 saturated heterocycles. The van der Waals surface area contributed by atoms with Crippen molar-refractivity contribution in [1.82, 2.24) is 4.98 Å². The second kappa shape index (κ2) is 21.1. The Hall–Kier alpha value is -1.15. The Balaban J connectivity index is 1.96. The summed E-state index contributed by atoms with van der Waals surface area (Å²) in [7, 11) is 0. The molecule has 0 aliphatic heterocycles. The standard InChI is InChI=1S/C28H49NO/c1-2-3-4-5-6-7-8-9-10-11-12-13-14-15-16-17-20-27(21-18-19-26-30)28-22-24-29-25-23-28/h21-25,30H,2-20,26H2,1H3. The Morgan fingerprint density at radius 3 is 1.63 bits per heavy atom. The van der Waals surface area contributed by atoms with Crippen LogP contribution < -0.4 is 0 Å². The molecule has 1 rings (SSSR count). The first-order valence-electron chi connectivity index (χ1n) is 13.1. The number of aliphatic hydroxyl groups excluding tert-OH is 1. The largest absolute Gasteiger partial charge is 0.396 e. The molecule has 0 unspecified atom stereocenters. The van der Waals surface area contributed by atoms with E-state index in [1.165, 1.54) is 114 Å². The molecule has 0 aromatic carbocycles. The molecular weight excluding hydrogens is 366 g/mol. The molecule has 0 saturated carbocycles. The number of hydrogen-bond donors (Lipinski definition) is 1. The molecule has 0 fully saturated rings. The highest BCUT2D eigenvalue weighted by Crippen LogP contribution is 2.22. The van der Waals surface area contributed by atoms with Crippen molar-refractivity contribution in [3.8, 4) is 0 Å². The van der Waals surface area contributed by atoms with Gasteiger partial charge in [-0.15, -0.1) is 0 Å². The number of rotatable bonds is 21. The molecular formula is C28H49NO. The van der Waals surface area contributed by atoms with Crippen molar-refractivity contribution in [2.75, 3.05) is 6.61 Å². The van der Waals surface area contributed by atoms with Crippen LogP contribution in [-0.4, -0.2) is 16.7 Å². The van der Waals surface area contributed by atoms with Crippen LogP contribution in [0.4, 0.5) is 0 Å². The fourth-order valence-corrected chi connectivity index (χ4v) is 4.16. The number of nitrogens with zero attached hydrogens (tertiary/aromatic N) is 1. The summed E-state index contributed by atoms with van der Waals surface area (Å²) in [5.41, 5.74) is 2.72. The summed E-state index contributed by atoms with van der Waals surface area (Å²) < 4.78 is 0. The molecule has 0 aliphatic rings. The average molecular weight is 416 g/mol. The van der Waals surface area contributed by atoms with Gasteiger partial charge in [0, 0.05) is 19.0 Å². The quantitative estimate of drug-likeness (QED) is 0.203. The Morgan fingerprint density at radius 2 is 1.17 bits per heavy atom. The van der Waals surface area contributed by atoms with Gasteiger partial charge in [-0.1, -0.05) is 109 Å². The monoisotopic (exact) mass is 415 g/mol. The van der Waals surface area contributed by atoms with Crippen molar-refractivity contribution in [2.45, 2.75) is 129 Å². The van der Waals surface area contributed by atoms with E-state index >= 15 is 0 Å². The number of unbranched alkanes of at least 4 members (excludes halogenated alkanes) is 16. The summed E-state index contributed by atoms with van der Waals surface area (Å²) in [5, 5.41) is 9.04. The van der Waals surface area contributed by atoms with E-state index in [2.05, 4.69) is 30.1 Å². The minimum Gasteiger partial charge on any atom is -0.396 e. The number of aliphatic hydroxyl groups is 1. The highest BCUT2D eigenvalue weighted by atomic mass is 16.2. The molecule has 0 spiro atoms. The van der Waals surface area contributed by atoms with Crippen LogP contribution in [0, 0.1) is 0 Å². The van der Waals surface area contributed by atoms with Gasteiger partial charge in [-0.25, -0.2) is 0 Å². The third kappa shape index (κ3) is 15.7. The summed E-state index contributed by atoms with van der Waals surface area (Å²) in [5.74, 6) is 0. The normalized spacial score (nSPS) is 11.9. The van der Waals surface area contributed by atoms with Gasteiger partial charge in [-0.3, -0.25) is 4.98 Å². The molecule has 30 heavy (non-hydrogen) atoms. The second-order valence-corrected chi connectivity index (χ2v) is 8.88.